The molecule has 3 aromatic rings. The van der Waals surface area contributed by atoms with Gasteiger partial charge in [-0.25, -0.2) is 0 Å². The van der Waals surface area contributed by atoms with Crippen LogP contribution in [-0.2, 0) is 6.54 Å². The molecule has 132 valence electrons. The Labute approximate surface area is 152 Å². The normalized spacial score (nSPS) is 16.2. The standard InChI is InChI=1S/C21H20N2O3/c1-14-12-15(9-10-19(14)25-2)20-22-18-8-4-3-7-17(18)21(24)23(20)13-16-6-5-11-26-16/h3-12,20,22H,13H2,1-2H3. The van der Waals surface area contributed by atoms with Crippen LogP contribution in [0.5, 0.6) is 5.75 Å². The highest BCUT2D eigenvalue weighted by atomic mass is 16.5. The SMILES string of the molecule is COc1ccc(C2Nc3ccccc3C(=O)N2Cc2ccco2)cc1C. The molecule has 1 amide bonds. The van der Waals surface area contributed by atoms with Crippen molar-refractivity contribution in [3.63, 3.8) is 0 Å². The summed E-state index contributed by atoms with van der Waals surface area (Å²) in [5.41, 5.74) is 3.53. The minimum Gasteiger partial charge on any atom is -0.496 e. The summed E-state index contributed by atoms with van der Waals surface area (Å²) in [5.74, 6) is 1.55. The van der Waals surface area contributed by atoms with Crippen molar-refractivity contribution >= 4 is 11.6 Å². The maximum Gasteiger partial charge on any atom is 0.258 e. The molecule has 5 nitrogen and oxygen atoms in total. The first-order valence-corrected chi connectivity index (χ1v) is 8.51. The molecule has 2 heterocycles. The van der Waals surface area contributed by atoms with Crippen molar-refractivity contribution in [1.82, 2.24) is 4.90 Å². The van der Waals surface area contributed by atoms with Crippen LogP contribution in [0, 0.1) is 6.92 Å². The number of nitrogens with zero attached hydrogens (tertiary/aromatic N) is 1. The lowest BCUT2D eigenvalue weighted by Crippen LogP contribution is -2.42. The van der Waals surface area contributed by atoms with E-state index in [1.165, 1.54) is 0 Å². The summed E-state index contributed by atoms with van der Waals surface area (Å²) in [6.07, 6.45) is 1.34. The predicted molar refractivity (Wildman–Crippen MR) is 99.1 cm³/mol. The summed E-state index contributed by atoms with van der Waals surface area (Å²) in [6, 6.07) is 17.3. The molecule has 4 rings (SSSR count). The molecule has 0 fully saturated rings. The Balaban J connectivity index is 1.76. The molecular formula is C21H20N2O3. The number of amides is 1. The molecule has 1 unspecified atom stereocenters. The van der Waals surface area contributed by atoms with Crippen LogP contribution >= 0.6 is 0 Å². The molecule has 26 heavy (non-hydrogen) atoms. The van der Waals surface area contributed by atoms with Crippen LogP contribution in [0.1, 0.15) is 33.4 Å². The lowest BCUT2D eigenvalue weighted by Gasteiger charge is -2.38. The van der Waals surface area contributed by atoms with Crippen LogP contribution in [0.25, 0.3) is 0 Å². The number of nitrogens with one attached hydrogen (secondary N) is 1. The fourth-order valence-electron chi connectivity index (χ4n) is 3.36. The first-order chi connectivity index (χ1) is 12.7. The molecule has 1 atom stereocenters. The van der Waals surface area contributed by atoms with E-state index in [4.69, 9.17) is 9.15 Å². The van der Waals surface area contributed by atoms with Crippen molar-refractivity contribution in [2.24, 2.45) is 0 Å². The third kappa shape index (κ3) is 2.81. The second kappa shape index (κ2) is 6.59. The first-order valence-electron chi connectivity index (χ1n) is 8.51. The van der Waals surface area contributed by atoms with E-state index in [0.29, 0.717) is 12.1 Å². The molecule has 0 spiro atoms. The maximum atomic E-state index is 13.2. The number of aryl methyl sites for hydroxylation is 1. The van der Waals surface area contributed by atoms with Gasteiger partial charge in [-0.1, -0.05) is 18.2 Å². The minimum atomic E-state index is -0.285. The summed E-state index contributed by atoms with van der Waals surface area (Å²) >= 11 is 0. The molecule has 0 radical (unpaired) electrons. The predicted octanol–water partition coefficient (Wildman–Crippen LogP) is 4.36. The van der Waals surface area contributed by atoms with E-state index < -0.39 is 0 Å². The van der Waals surface area contributed by atoms with E-state index in [9.17, 15) is 4.79 Å². The summed E-state index contributed by atoms with van der Waals surface area (Å²) in [4.78, 5) is 14.9. The zero-order valence-electron chi connectivity index (χ0n) is 14.7. The van der Waals surface area contributed by atoms with E-state index in [1.807, 2.05) is 61.5 Å². The number of methoxy groups -OCH3 is 1. The van der Waals surface area contributed by atoms with Crippen molar-refractivity contribution in [3.05, 3.63) is 83.3 Å². The van der Waals surface area contributed by atoms with Gasteiger partial charge in [0.05, 0.1) is 25.5 Å². The largest absolute Gasteiger partial charge is 0.496 e. The van der Waals surface area contributed by atoms with Gasteiger partial charge in [-0.3, -0.25) is 4.79 Å². The molecule has 2 aromatic carbocycles. The van der Waals surface area contributed by atoms with Crippen molar-refractivity contribution < 1.29 is 13.9 Å². The van der Waals surface area contributed by atoms with Gasteiger partial charge in [-0.05, 0) is 54.4 Å². The Kier molecular flexibility index (Phi) is 4.13. The molecule has 1 aliphatic rings. The second-order valence-corrected chi connectivity index (χ2v) is 6.33. The molecular weight excluding hydrogens is 328 g/mol. The number of rotatable bonds is 4. The van der Waals surface area contributed by atoms with Crippen LogP contribution in [-0.4, -0.2) is 17.9 Å². The highest BCUT2D eigenvalue weighted by molar-refractivity contribution is 6.01. The lowest BCUT2D eigenvalue weighted by atomic mass is 10.0. The minimum absolute atomic E-state index is 0.0192. The molecule has 1 N–H and O–H groups in total. The van der Waals surface area contributed by atoms with Crippen LogP contribution in [0.2, 0.25) is 0 Å². The van der Waals surface area contributed by atoms with Crippen molar-refractivity contribution in [2.45, 2.75) is 19.6 Å². The van der Waals surface area contributed by atoms with Crippen LogP contribution in [0.3, 0.4) is 0 Å². The average molecular weight is 348 g/mol. The number of carbonyl (C=O) groups is 1. The fourth-order valence-corrected chi connectivity index (χ4v) is 3.36. The molecule has 0 saturated heterocycles. The van der Waals surface area contributed by atoms with Gasteiger partial charge in [0.25, 0.3) is 5.91 Å². The highest BCUT2D eigenvalue weighted by Crippen LogP contribution is 2.35. The van der Waals surface area contributed by atoms with Gasteiger partial charge in [-0.2, -0.15) is 0 Å². The van der Waals surface area contributed by atoms with E-state index in [2.05, 4.69) is 5.32 Å². The number of para-hydroxylation sites is 1. The van der Waals surface area contributed by atoms with Crippen LogP contribution in [0.4, 0.5) is 5.69 Å². The second-order valence-electron chi connectivity index (χ2n) is 6.33. The average Bonchev–Trinajstić information content (AvgIpc) is 3.17. The quantitative estimate of drug-likeness (QED) is 0.761. The molecule has 0 saturated carbocycles. The lowest BCUT2D eigenvalue weighted by molar-refractivity contribution is 0.0651. The Hall–Kier alpha value is -3.21. The topological polar surface area (TPSA) is 54.7 Å². The number of carbonyl (C=O) groups excluding carboxylic acids is 1. The maximum absolute atomic E-state index is 13.2. The third-order valence-electron chi connectivity index (χ3n) is 4.66. The monoisotopic (exact) mass is 348 g/mol. The van der Waals surface area contributed by atoms with Gasteiger partial charge in [0, 0.05) is 5.69 Å². The number of fused-ring (bicyclic) bond motifs is 1. The Morgan fingerprint density at radius 1 is 1.15 bits per heavy atom. The number of anilines is 1. The van der Waals surface area contributed by atoms with Gasteiger partial charge >= 0.3 is 0 Å². The Morgan fingerprint density at radius 3 is 2.73 bits per heavy atom. The smallest absolute Gasteiger partial charge is 0.258 e. The number of ether oxygens (including phenoxy) is 1. The van der Waals surface area contributed by atoms with E-state index in [1.54, 1.807) is 18.3 Å². The third-order valence-corrected chi connectivity index (χ3v) is 4.66. The van der Waals surface area contributed by atoms with Gasteiger partial charge in [-0.15, -0.1) is 0 Å². The molecule has 0 bridgehead atoms. The zero-order chi connectivity index (χ0) is 18.1. The van der Waals surface area contributed by atoms with Gasteiger partial charge in [0.2, 0.25) is 0 Å². The summed E-state index contributed by atoms with van der Waals surface area (Å²) in [7, 11) is 1.66. The number of hydrogen-bond acceptors (Lipinski definition) is 4. The van der Waals surface area contributed by atoms with Crippen molar-refractivity contribution in [3.8, 4) is 5.75 Å². The summed E-state index contributed by atoms with van der Waals surface area (Å²) in [6.45, 7) is 2.39. The van der Waals surface area contributed by atoms with Crippen LogP contribution in [0.15, 0.2) is 65.3 Å². The zero-order valence-corrected chi connectivity index (χ0v) is 14.7. The molecule has 5 heteroatoms. The first kappa shape index (κ1) is 16.3. The number of hydrogen-bond donors (Lipinski definition) is 1. The highest BCUT2D eigenvalue weighted by Gasteiger charge is 2.33. The van der Waals surface area contributed by atoms with E-state index in [0.717, 1.165) is 28.3 Å². The molecule has 0 aliphatic carbocycles. The Bertz CT molecular complexity index is 934. The van der Waals surface area contributed by atoms with Gasteiger partial charge in [0.15, 0.2) is 0 Å². The fraction of sp³-hybridized carbons (Fsp3) is 0.190. The number of furan rings is 1. The Morgan fingerprint density at radius 2 is 2.00 bits per heavy atom. The summed E-state index contributed by atoms with van der Waals surface area (Å²) in [5, 5.41) is 3.49. The van der Waals surface area contributed by atoms with E-state index >= 15 is 0 Å². The van der Waals surface area contributed by atoms with Crippen molar-refractivity contribution in [2.75, 3.05) is 12.4 Å². The van der Waals surface area contributed by atoms with Crippen molar-refractivity contribution in [1.29, 1.82) is 0 Å². The number of benzene rings is 2. The van der Waals surface area contributed by atoms with E-state index in [-0.39, 0.29) is 12.1 Å². The van der Waals surface area contributed by atoms with Crippen LogP contribution < -0.4 is 10.1 Å². The molecule has 1 aliphatic heterocycles. The van der Waals surface area contributed by atoms with Gasteiger partial charge in [0.1, 0.15) is 17.7 Å². The van der Waals surface area contributed by atoms with Gasteiger partial charge < -0.3 is 19.4 Å². The summed E-state index contributed by atoms with van der Waals surface area (Å²) < 4.78 is 10.8. The molecule has 1 aromatic heterocycles.